The highest BCUT2D eigenvalue weighted by atomic mass is 32.2. The maximum absolute atomic E-state index is 12.8. The predicted octanol–water partition coefficient (Wildman–Crippen LogP) is 2.13. The van der Waals surface area contributed by atoms with E-state index in [9.17, 15) is 9.59 Å². The number of benzene rings is 1. The second-order valence-electron chi connectivity index (χ2n) is 7.64. The third-order valence-corrected chi connectivity index (χ3v) is 6.06. The van der Waals surface area contributed by atoms with Gasteiger partial charge in [0.1, 0.15) is 6.54 Å². The number of thioether (sulfide) groups is 1. The lowest BCUT2D eigenvalue weighted by atomic mass is 10.1. The molecule has 2 amide bonds. The van der Waals surface area contributed by atoms with Crippen LogP contribution < -0.4 is 10.2 Å². The van der Waals surface area contributed by atoms with Crippen molar-refractivity contribution in [1.82, 2.24) is 10.2 Å². The van der Waals surface area contributed by atoms with Gasteiger partial charge in [-0.1, -0.05) is 12.1 Å². The van der Waals surface area contributed by atoms with Crippen LogP contribution in [-0.4, -0.2) is 67.4 Å². The van der Waals surface area contributed by atoms with Crippen LogP contribution in [-0.2, 0) is 14.3 Å². The summed E-state index contributed by atoms with van der Waals surface area (Å²) in [4.78, 5) is 30.3. The van der Waals surface area contributed by atoms with Gasteiger partial charge in [0.05, 0.1) is 18.9 Å². The van der Waals surface area contributed by atoms with Gasteiger partial charge in [-0.25, -0.2) is 0 Å². The van der Waals surface area contributed by atoms with Gasteiger partial charge in [-0.15, -0.1) is 11.8 Å². The molecule has 0 bridgehead atoms. The van der Waals surface area contributed by atoms with E-state index < -0.39 is 0 Å². The Morgan fingerprint density at radius 3 is 2.78 bits per heavy atom. The van der Waals surface area contributed by atoms with E-state index in [0.29, 0.717) is 13.0 Å². The second kappa shape index (κ2) is 9.08. The molecule has 0 atom stereocenters. The Kier molecular flexibility index (Phi) is 6.78. The predicted molar refractivity (Wildman–Crippen MR) is 108 cm³/mol. The Balaban J connectivity index is 1.54. The lowest BCUT2D eigenvalue weighted by molar-refractivity contribution is -0.124. The SMILES string of the molecule is CC1(C)CC(=O)N(CC(=O)NCCCN2CCOCC2)c2ccccc2S1. The molecule has 0 spiro atoms. The smallest absolute Gasteiger partial charge is 0.240 e. The minimum absolute atomic E-state index is 0.000849. The molecule has 6 nitrogen and oxygen atoms in total. The van der Waals surface area contributed by atoms with Crippen LogP contribution in [0.3, 0.4) is 0 Å². The first-order valence-electron chi connectivity index (χ1n) is 9.60. The zero-order valence-electron chi connectivity index (χ0n) is 16.2. The van der Waals surface area contributed by atoms with Gasteiger partial charge in [-0.2, -0.15) is 0 Å². The van der Waals surface area contributed by atoms with E-state index in [4.69, 9.17) is 4.74 Å². The van der Waals surface area contributed by atoms with Crippen molar-refractivity contribution in [3.63, 3.8) is 0 Å². The van der Waals surface area contributed by atoms with Gasteiger partial charge in [0.15, 0.2) is 0 Å². The normalized spacial score (nSPS) is 20.1. The van der Waals surface area contributed by atoms with Gasteiger partial charge in [0.25, 0.3) is 0 Å². The van der Waals surface area contributed by atoms with Crippen molar-refractivity contribution in [2.45, 2.75) is 36.3 Å². The maximum atomic E-state index is 12.8. The zero-order chi connectivity index (χ0) is 19.3. The molecule has 1 aromatic carbocycles. The highest BCUT2D eigenvalue weighted by Gasteiger charge is 2.33. The van der Waals surface area contributed by atoms with E-state index in [0.717, 1.165) is 49.9 Å². The Morgan fingerprint density at radius 2 is 2.00 bits per heavy atom. The van der Waals surface area contributed by atoms with Crippen molar-refractivity contribution in [2.24, 2.45) is 0 Å². The summed E-state index contributed by atoms with van der Waals surface area (Å²) < 4.78 is 5.16. The fourth-order valence-corrected chi connectivity index (χ4v) is 4.64. The standard InChI is InChI=1S/C20H29N3O3S/c1-20(2)14-19(25)23(16-6-3-4-7-17(16)27-20)15-18(24)21-8-5-9-22-10-12-26-13-11-22/h3-4,6-7H,5,8-15H2,1-2H3,(H,21,24). The summed E-state index contributed by atoms with van der Waals surface area (Å²) in [5.74, 6) is -0.106. The highest BCUT2D eigenvalue weighted by molar-refractivity contribution is 8.00. The van der Waals surface area contributed by atoms with Crippen molar-refractivity contribution >= 4 is 29.3 Å². The van der Waals surface area contributed by atoms with E-state index in [-0.39, 0.29) is 23.1 Å². The van der Waals surface area contributed by atoms with Crippen LogP contribution in [0, 0.1) is 0 Å². The first kappa shape index (κ1) is 20.2. The number of ether oxygens (including phenoxy) is 1. The highest BCUT2D eigenvalue weighted by Crippen LogP contribution is 2.43. The van der Waals surface area contributed by atoms with E-state index in [1.165, 1.54) is 0 Å². The number of hydrogen-bond donors (Lipinski definition) is 1. The third-order valence-electron chi connectivity index (χ3n) is 4.80. The number of rotatable bonds is 6. The molecule has 0 aromatic heterocycles. The van der Waals surface area contributed by atoms with Crippen molar-refractivity contribution in [3.8, 4) is 0 Å². The quantitative estimate of drug-likeness (QED) is 0.753. The number of nitrogens with zero attached hydrogens (tertiary/aromatic N) is 2. The van der Waals surface area contributed by atoms with Crippen molar-refractivity contribution in [1.29, 1.82) is 0 Å². The number of morpholine rings is 1. The molecule has 2 heterocycles. The number of hydrogen-bond acceptors (Lipinski definition) is 5. The largest absolute Gasteiger partial charge is 0.379 e. The van der Waals surface area contributed by atoms with Gasteiger partial charge in [0, 0.05) is 35.7 Å². The van der Waals surface area contributed by atoms with Crippen LogP contribution in [0.15, 0.2) is 29.2 Å². The third kappa shape index (κ3) is 5.70. The van der Waals surface area contributed by atoms with Crippen LogP contribution in [0.5, 0.6) is 0 Å². The number of para-hydroxylation sites is 1. The number of amides is 2. The average molecular weight is 392 g/mol. The molecular weight excluding hydrogens is 362 g/mol. The number of nitrogens with one attached hydrogen (secondary N) is 1. The molecule has 1 N–H and O–H groups in total. The number of carbonyl (C=O) groups is 2. The van der Waals surface area contributed by atoms with E-state index >= 15 is 0 Å². The maximum Gasteiger partial charge on any atom is 0.240 e. The zero-order valence-corrected chi connectivity index (χ0v) is 17.0. The van der Waals surface area contributed by atoms with Crippen LogP contribution in [0.2, 0.25) is 0 Å². The molecule has 3 rings (SSSR count). The molecule has 2 aliphatic rings. The van der Waals surface area contributed by atoms with Crippen molar-refractivity contribution < 1.29 is 14.3 Å². The molecule has 1 saturated heterocycles. The van der Waals surface area contributed by atoms with Crippen molar-refractivity contribution in [2.75, 3.05) is 50.8 Å². The molecule has 0 radical (unpaired) electrons. The Morgan fingerprint density at radius 1 is 1.26 bits per heavy atom. The number of carbonyl (C=O) groups excluding carboxylic acids is 2. The fraction of sp³-hybridized carbons (Fsp3) is 0.600. The molecule has 1 aromatic rings. The second-order valence-corrected chi connectivity index (χ2v) is 9.39. The summed E-state index contributed by atoms with van der Waals surface area (Å²) in [5, 5.41) is 2.96. The van der Waals surface area contributed by atoms with Crippen LogP contribution >= 0.6 is 11.8 Å². The molecule has 0 aliphatic carbocycles. The molecular formula is C20H29N3O3S. The monoisotopic (exact) mass is 391 g/mol. The van der Waals surface area contributed by atoms with Gasteiger partial charge >= 0.3 is 0 Å². The van der Waals surface area contributed by atoms with Crippen molar-refractivity contribution in [3.05, 3.63) is 24.3 Å². The van der Waals surface area contributed by atoms with Gasteiger partial charge in [0.2, 0.25) is 11.8 Å². The topological polar surface area (TPSA) is 61.9 Å². The van der Waals surface area contributed by atoms with Gasteiger partial charge < -0.3 is 15.0 Å². The Hall–Kier alpha value is -1.57. The molecule has 0 unspecified atom stereocenters. The minimum Gasteiger partial charge on any atom is -0.379 e. The molecule has 148 valence electrons. The van der Waals surface area contributed by atoms with Crippen LogP contribution in [0.25, 0.3) is 0 Å². The first-order chi connectivity index (χ1) is 12.9. The number of anilines is 1. The lowest BCUT2D eigenvalue weighted by Gasteiger charge is -2.26. The summed E-state index contributed by atoms with van der Waals surface area (Å²) >= 11 is 1.70. The van der Waals surface area contributed by atoms with E-state index in [1.54, 1.807) is 16.7 Å². The Bertz CT molecular complexity index is 674. The van der Waals surface area contributed by atoms with Gasteiger partial charge in [-0.05, 0) is 38.9 Å². The van der Waals surface area contributed by atoms with Gasteiger partial charge in [-0.3, -0.25) is 14.5 Å². The van der Waals surface area contributed by atoms with E-state index in [1.807, 2.05) is 24.3 Å². The van der Waals surface area contributed by atoms with E-state index in [2.05, 4.69) is 24.1 Å². The molecule has 27 heavy (non-hydrogen) atoms. The fourth-order valence-electron chi connectivity index (χ4n) is 3.42. The number of fused-ring (bicyclic) bond motifs is 1. The van der Waals surface area contributed by atoms with Crippen LogP contribution in [0.4, 0.5) is 5.69 Å². The summed E-state index contributed by atoms with van der Waals surface area (Å²) in [7, 11) is 0. The van der Waals surface area contributed by atoms with Crippen LogP contribution in [0.1, 0.15) is 26.7 Å². The summed E-state index contributed by atoms with van der Waals surface area (Å²) in [6.45, 7) is 9.29. The molecule has 2 aliphatic heterocycles. The summed E-state index contributed by atoms with van der Waals surface area (Å²) in [6.07, 6.45) is 1.32. The molecule has 0 saturated carbocycles. The molecule has 7 heteroatoms. The summed E-state index contributed by atoms with van der Waals surface area (Å²) in [5.41, 5.74) is 0.835. The minimum atomic E-state index is -0.184. The average Bonchev–Trinajstić information content (AvgIpc) is 2.73. The summed E-state index contributed by atoms with van der Waals surface area (Å²) in [6, 6.07) is 7.83. The Labute approximate surface area is 165 Å². The molecule has 1 fully saturated rings. The first-order valence-corrected chi connectivity index (χ1v) is 10.4. The lowest BCUT2D eigenvalue weighted by Crippen LogP contribution is -2.42.